The molecule has 85 valence electrons. The van der Waals surface area contributed by atoms with Gasteiger partial charge in [-0.3, -0.25) is 9.69 Å². The van der Waals surface area contributed by atoms with Gasteiger partial charge in [-0.25, -0.2) is 4.79 Å². The molecule has 0 aromatic heterocycles. The number of ether oxygens (including phenoxy) is 1. The summed E-state index contributed by atoms with van der Waals surface area (Å²) in [5.41, 5.74) is -0.519. The molecule has 1 unspecified atom stereocenters. The van der Waals surface area contributed by atoms with E-state index in [0.717, 1.165) is 6.42 Å². The third kappa shape index (κ3) is 3.22. The summed E-state index contributed by atoms with van der Waals surface area (Å²) in [6, 6.07) is -0.389. The van der Waals surface area contributed by atoms with Crippen LogP contribution in [0.1, 0.15) is 33.6 Å². The van der Waals surface area contributed by atoms with E-state index in [1.807, 2.05) is 20.8 Å². The minimum Gasteiger partial charge on any atom is -0.444 e. The molecule has 0 N–H and O–H groups in total. The lowest BCUT2D eigenvalue weighted by Crippen LogP contribution is -2.42. The molecule has 1 amide bonds. The molecular weight excluding hydrogens is 194 g/mol. The van der Waals surface area contributed by atoms with E-state index in [-0.39, 0.29) is 11.8 Å². The number of rotatable bonds is 1. The molecule has 1 fully saturated rings. The van der Waals surface area contributed by atoms with Gasteiger partial charge in [-0.2, -0.15) is 0 Å². The van der Waals surface area contributed by atoms with Gasteiger partial charge < -0.3 is 4.74 Å². The number of carbonyl (C=O) groups excluding carboxylic acids is 2. The predicted molar refractivity (Wildman–Crippen MR) is 56.3 cm³/mol. The normalized spacial score (nSPS) is 21.6. The van der Waals surface area contributed by atoms with Gasteiger partial charge in [0.1, 0.15) is 5.60 Å². The van der Waals surface area contributed by atoms with Crippen LogP contribution in [0.2, 0.25) is 0 Å². The fourth-order valence-corrected chi connectivity index (χ4v) is 1.64. The van der Waals surface area contributed by atoms with E-state index in [2.05, 4.69) is 6.92 Å². The first-order valence-corrected chi connectivity index (χ1v) is 5.17. The summed E-state index contributed by atoms with van der Waals surface area (Å²) in [6.45, 7) is 9.37. The topological polar surface area (TPSA) is 46.6 Å². The SMILES string of the molecule is [CH2]C(=O)C1CCCN1C(=O)OC(C)(C)C. The Morgan fingerprint density at radius 2 is 2.00 bits per heavy atom. The average molecular weight is 212 g/mol. The quantitative estimate of drug-likeness (QED) is 0.665. The summed E-state index contributed by atoms with van der Waals surface area (Å²) >= 11 is 0. The van der Waals surface area contributed by atoms with E-state index in [9.17, 15) is 9.59 Å². The molecule has 1 atom stereocenters. The van der Waals surface area contributed by atoms with Crippen LogP contribution in [0.4, 0.5) is 4.79 Å². The summed E-state index contributed by atoms with van der Waals surface area (Å²) in [4.78, 5) is 24.3. The smallest absolute Gasteiger partial charge is 0.410 e. The first kappa shape index (κ1) is 12.0. The van der Waals surface area contributed by atoms with Gasteiger partial charge in [-0.1, -0.05) is 0 Å². The zero-order valence-corrected chi connectivity index (χ0v) is 9.58. The number of amides is 1. The van der Waals surface area contributed by atoms with Crippen molar-refractivity contribution in [3.8, 4) is 0 Å². The van der Waals surface area contributed by atoms with Crippen molar-refractivity contribution in [3.63, 3.8) is 0 Å². The largest absolute Gasteiger partial charge is 0.444 e. The average Bonchev–Trinajstić information content (AvgIpc) is 2.47. The van der Waals surface area contributed by atoms with Gasteiger partial charge in [0.25, 0.3) is 0 Å². The standard InChI is InChI=1S/C11H18NO3/c1-8(13)9-6-5-7-12(9)10(14)15-11(2,3)4/h9H,1,5-7H2,2-4H3. The van der Waals surface area contributed by atoms with Crippen molar-refractivity contribution >= 4 is 11.9 Å². The highest BCUT2D eigenvalue weighted by atomic mass is 16.6. The Hall–Kier alpha value is -1.06. The maximum atomic E-state index is 11.7. The van der Waals surface area contributed by atoms with Crippen LogP contribution < -0.4 is 0 Å². The fraction of sp³-hybridized carbons (Fsp3) is 0.727. The number of hydrogen-bond donors (Lipinski definition) is 0. The maximum absolute atomic E-state index is 11.7. The second-order valence-corrected chi connectivity index (χ2v) is 4.80. The van der Waals surface area contributed by atoms with Crippen LogP contribution in [0.5, 0.6) is 0 Å². The van der Waals surface area contributed by atoms with E-state index in [0.29, 0.717) is 13.0 Å². The van der Waals surface area contributed by atoms with Crippen LogP contribution in [0.3, 0.4) is 0 Å². The molecule has 4 nitrogen and oxygen atoms in total. The lowest BCUT2D eigenvalue weighted by molar-refractivity contribution is -0.119. The summed E-state index contributed by atoms with van der Waals surface area (Å²) < 4.78 is 5.21. The minimum absolute atomic E-state index is 0.210. The van der Waals surface area contributed by atoms with E-state index in [4.69, 9.17) is 4.74 Å². The Morgan fingerprint density at radius 1 is 1.40 bits per heavy atom. The Balaban J connectivity index is 2.63. The van der Waals surface area contributed by atoms with Crippen molar-refractivity contribution in [2.24, 2.45) is 0 Å². The highest BCUT2D eigenvalue weighted by Gasteiger charge is 2.34. The minimum atomic E-state index is -0.519. The molecule has 1 aliphatic rings. The molecule has 0 aromatic rings. The molecule has 1 rings (SSSR count). The van der Waals surface area contributed by atoms with Gasteiger partial charge in [0.05, 0.1) is 6.04 Å². The van der Waals surface area contributed by atoms with E-state index < -0.39 is 11.7 Å². The molecule has 1 heterocycles. The summed E-state index contributed by atoms with van der Waals surface area (Å²) in [5.74, 6) is -0.210. The van der Waals surface area contributed by atoms with Crippen LogP contribution in [0.15, 0.2) is 0 Å². The third-order valence-corrected chi connectivity index (χ3v) is 2.25. The molecule has 0 bridgehead atoms. The van der Waals surface area contributed by atoms with Crippen molar-refractivity contribution in [2.75, 3.05) is 6.54 Å². The molecule has 1 saturated heterocycles. The molecular formula is C11H18NO3. The Morgan fingerprint density at radius 3 is 2.47 bits per heavy atom. The number of nitrogens with zero attached hydrogens (tertiary/aromatic N) is 1. The van der Waals surface area contributed by atoms with Gasteiger partial charge in [-0.15, -0.1) is 0 Å². The van der Waals surface area contributed by atoms with E-state index in [1.165, 1.54) is 4.90 Å². The van der Waals surface area contributed by atoms with Crippen molar-refractivity contribution in [3.05, 3.63) is 6.92 Å². The second-order valence-electron chi connectivity index (χ2n) is 4.80. The zero-order chi connectivity index (χ0) is 11.6. The van der Waals surface area contributed by atoms with Crippen molar-refractivity contribution in [1.82, 2.24) is 4.90 Å². The number of hydrogen-bond acceptors (Lipinski definition) is 3. The predicted octanol–water partition coefficient (Wildman–Crippen LogP) is 1.79. The van der Waals surface area contributed by atoms with Crippen molar-refractivity contribution in [1.29, 1.82) is 0 Å². The summed E-state index contributed by atoms with van der Waals surface area (Å²) in [7, 11) is 0. The Kier molecular flexibility index (Phi) is 3.37. The van der Waals surface area contributed by atoms with Crippen LogP contribution in [0.25, 0.3) is 0 Å². The highest BCUT2D eigenvalue weighted by Crippen LogP contribution is 2.21. The zero-order valence-electron chi connectivity index (χ0n) is 9.58. The van der Waals surface area contributed by atoms with Gasteiger partial charge in [0.2, 0.25) is 0 Å². The second kappa shape index (κ2) is 4.21. The monoisotopic (exact) mass is 212 g/mol. The van der Waals surface area contributed by atoms with Gasteiger partial charge in [0.15, 0.2) is 5.78 Å². The lowest BCUT2D eigenvalue weighted by atomic mass is 10.1. The Bertz CT molecular complexity index is 267. The molecule has 0 aromatic carbocycles. The van der Waals surface area contributed by atoms with Crippen LogP contribution in [-0.2, 0) is 9.53 Å². The molecule has 0 saturated carbocycles. The van der Waals surface area contributed by atoms with Gasteiger partial charge in [0, 0.05) is 13.5 Å². The number of Topliss-reactive ketones (excluding diaryl/α,β-unsaturated/α-hetero) is 1. The van der Waals surface area contributed by atoms with Gasteiger partial charge >= 0.3 is 6.09 Å². The summed E-state index contributed by atoms with van der Waals surface area (Å²) in [5, 5.41) is 0. The molecule has 0 spiro atoms. The van der Waals surface area contributed by atoms with Gasteiger partial charge in [-0.05, 0) is 33.6 Å². The van der Waals surface area contributed by atoms with Crippen LogP contribution >= 0.6 is 0 Å². The molecule has 15 heavy (non-hydrogen) atoms. The maximum Gasteiger partial charge on any atom is 0.410 e. The molecule has 0 aliphatic carbocycles. The first-order valence-electron chi connectivity index (χ1n) is 5.17. The fourth-order valence-electron chi connectivity index (χ4n) is 1.64. The van der Waals surface area contributed by atoms with E-state index >= 15 is 0 Å². The van der Waals surface area contributed by atoms with Crippen LogP contribution in [-0.4, -0.2) is 35.0 Å². The van der Waals surface area contributed by atoms with Crippen molar-refractivity contribution < 1.29 is 14.3 Å². The molecule has 4 heteroatoms. The number of ketones is 1. The highest BCUT2D eigenvalue weighted by molar-refractivity contribution is 5.91. The third-order valence-electron chi connectivity index (χ3n) is 2.25. The first-order chi connectivity index (χ1) is 6.81. The molecule has 1 aliphatic heterocycles. The van der Waals surface area contributed by atoms with Crippen LogP contribution in [0, 0.1) is 6.92 Å². The molecule has 1 radical (unpaired) electrons. The Labute approximate surface area is 90.6 Å². The summed E-state index contributed by atoms with van der Waals surface area (Å²) in [6.07, 6.45) is 1.12. The van der Waals surface area contributed by atoms with Crippen molar-refractivity contribution in [2.45, 2.75) is 45.3 Å². The van der Waals surface area contributed by atoms with E-state index in [1.54, 1.807) is 0 Å². The number of carbonyl (C=O) groups is 2. The number of likely N-dealkylation sites (tertiary alicyclic amines) is 1. The lowest BCUT2D eigenvalue weighted by Gasteiger charge is -2.27.